The van der Waals surface area contributed by atoms with Crippen molar-refractivity contribution in [1.29, 1.82) is 0 Å². The molecule has 5 heterocycles. The van der Waals surface area contributed by atoms with Gasteiger partial charge in [-0.25, -0.2) is 18.4 Å². The molecule has 3 aromatic heterocycles. The van der Waals surface area contributed by atoms with E-state index in [9.17, 15) is 13.2 Å². The largest absolute Gasteiger partial charge is 0.494 e. The van der Waals surface area contributed by atoms with E-state index in [0.29, 0.717) is 32.5 Å². The Hall–Kier alpha value is -3.70. The highest BCUT2D eigenvalue weighted by Crippen LogP contribution is 2.25. The molecule has 1 amide bonds. The number of nitrogens with zero attached hydrogens (tertiary/aromatic N) is 5. The van der Waals surface area contributed by atoms with Crippen molar-refractivity contribution in [3.05, 3.63) is 66.7 Å². The van der Waals surface area contributed by atoms with Gasteiger partial charge in [0.05, 0.1) is 24.0 Å². The van der Waals surface area contributed by atoms with E-state index in [-0.39, 0.29) is 17.4 Å². The van der Waals surface area contributed by atoms with Gasteiger partial charge in [-0.3, -0.25) is 9.69 Å². The molecule has 11 heteroatoms. The Morgan fingerprint density at radius 3 is 2.76 bits per heavy atom. The predicted octanol–water partition coefficient (Wildman–Crippen LogP) is 3.75. The minimum atomic E-state index is -3.13. The van der Waals surface area contributed by atoms with E-state index in [1.165, 1.54) is 5.56 Å². The fraction of sp³-hybridized carbons (Fsp3) is 0.452. The van der Waals surface area contributed by atoms with Gasteiger partial charge in [0, 0.05) is 68.5 Å². The Bertz CT molecular complexity index is 1630. The smallest absolute Gasteiger partial charge is 0.226 e. The lowest BCUT2D eigenvalue weighted by atomic mass is 10.1. The van der Waals surface area contributed by atoms with Crippen molar-refractivity contribution in [2.24, 2.45) is 5.92 Å². The average molecular weight is 591 g/mol. The monoisotopic (exact) mass is 590 g/mol. The van der Waals surface area contributed by atoms with Gasteiger partial charge in [0.15, 0.2) is 9.84 Å². The zero-order valence-corrected chi connectivity index (χ0v) is 24.6. The minimum Gasteiger partial charge on any atom is -0.494 e. The Labute approximate surface area is 246 Å². The molecule has 1 atom stereocenters. The summed E-state index contributed by atoms with van der Waals surface area (Å²) in [5.41, 5.74) is 3.09. The minimum absolute atomic E-state index is 0.0340. The zero-order chi connectivity index (χ0) is 28.9. The predicted molar refractivity (Wildman–Crippen MR) is 162 cm³/mol. The van der Waals surface area contributed by atoms with E-state index in [1.807, 2.05) is 53.8 Å². The first-order valence-corrected chi connectivity index (χ1v) is 16.6. The average Bonchev–Trinajstić information content (AvgIpc) is 3.72. The lowest BCUT2D eigenvalue weighted by Crippen LogP contribution is -2.39. The Balaban J connectivity index is 1.22. The van der Waals surface area contributed by atoms with E-state index in [1.54, 1.807) is 6.20 Å². The third-order valence-corrected chi connectivity index (χ3v) is 10.1. The van der Waals surface area contributed by atoms with E-state index >= 15 is 0 Å². The molecule has 0 spiro atoms. The number of carbonyl (C=O) groups is 1. The third-order valence-electron chi connectivity index (χ3n) is 8.28. The quantitative estimate of drug-likeness (QED) is 0.387. The highest BCUT2D eigenvalue weighted by molar-refractivity contribution is 7.91. The number of aromatic nitrogens is 4. The van der Waals surface area contributed by atoms with Gasteiger partial charge in [0.2, 0.25) is 5.91 Å². The third kappa shape index (κ3) is 6.68. The first kappa shape index (κ1) is 28.4. The molecule has 0 radical (unpaired) electrons. The molecule has 0 saturated carbocycles. The lowest BCUT2D eigenvalue weighted by Gasteiger charge is -2.27. The lowest BCUT2D eigenvalue weighted by molar-refractivity contribution is -0.135. The number of hydrogen-bond acceptors (Lipinski definition) is 7. The van der Waals surface area contributed by atoms with E-state index in [0.717, 1.165) is 67.2 Å². The van der Waals surface area contributed by atoms with Crippen molar-refractivity contribution < 1.29 is 17.9 Å². The fourth-order valence-corrected chi connectivity index (χ4v) is 7.77. The topological polar surface area (TPSA) is 113 Å². The second kappa shape index (κ2) is 12.7. The summed E-state index contributed by atoms with van der Waals surface area (Å²) in [4.78, 5) is 30.1. The van der Waals surface area contributed by atoms with Crippen LogP contribution in [0.5, 0.6) is 5.75 Å². The summed E-state index contributed by atoms with van der Waals surface area (Å²) in [7, 11) is -3.13. The van der Waals surface area contributed by atoms with Crippen molar-refractivity contribution in [3.63, 3.8) is 0 Å². The van der Waals surface area contributed by atoms with Crippen LogP contribution in [0.3, 0.4) is 0 Å². The molecule has 1 aromatic carbocycles. The molecule has 10 nitrogen and oxygen atoms in total. The molecular formula is C31H38N6O4S. The first-order valence-electron chi connectivity index (χ1n) is 14.8. The van der Waals surface area contributed by atoms with Gasteiger partial charge >= 0.3 is 0 Å². The highest BCUT2D eigenvalue weighted by atomic mass is 32.2. The summed E-state index contributed by atoms with van der Waals surface area (Å²) in [6, 6.07) is 12.0. The van der Waals surface area contributed by atoms with Crippen LogP contribution in [0.2, 0.25) is 0 Å². The number of nitrogens with one attached hydrogen (secondary N) is 1. The van der Waals surface area contributed by atoms with Gasteiger partial charge in [-0.05, 0) is 62.1 Å². The number of imidazole rings is 1. The van der Waals surface area contributed by atoms with Gasteiger partial charge in [-0.2, -0.15) is 0 Å². The van der Waals surface area contributed by atoms with Gasteiger partial charge < -0.3 is 19.2 Å². The van der Waals surface area contributed by atoms with E-state index in [4.69, 9.17) is 4.74 Å². The van der Waals surface area contributed by atoms with Crippen LogP contribution < -0.4 is 4.74 Å². The highest BCUT2D eigenvalue weighted by Gasteiger charge is 2.35. The maximum absolute atomic E-state index is 13.4. The Morgan fingerprint density at radius 2 is 1.88 bits per heavy atom. The van der Waals surface area contributed by atoms with Crippen LogP contribution in [0.1, 0.15) is 31.2 Å². The number of pyridine rings is 1. The zero-order valence-electron chi connectivity index (χ0n) is 23.8. The number of sulfone groups is 1. The number of hydrogen-bond donors (Lipinski definition) is 1. The van der Waals surface area contributed by atoms with Crippen LogP contribution >= 0.6 is 0 Å². The van der Waals surface area contributed by atoms with Gasteiger partial charge in [-0.15, -0.1) is 0 Å². The molecule has 42 heavy (non-hydrogen) atoms. The number of H-pyrrole nitrogens is 1. The number of ether oxygens (including phenoxy) is 1. The molecule has 2 aliphatic rings. The maximum atomic E-state index is 13.4. The summed E-state index contributed by atoms with van der Waals surface area (Å²) in [5.74, 6) is 1.27. The van der Waals surface area contributed by atoms with Gasteiger partial charge in [0.25, 0.3) is 0 Å². The van der Waals surface area contributed by atoms with Crippen molar-refractivity contribution in [2.75, 3.05) is 44.3 Å². The molecule has 1 N–H and O–H groups in total. The Morgan fingerprint density at radius 1 is 1.00 bits per heavy atom. The van der Waals surface area contributed by atoms with Crippen LogP contribution in [-0.2, 0) is 27.7 Å². The maximum Gasteiger partial charge on any atom is 0.226 e. The number of fused-ring (bicyclic) bond motifs is 5. The molecule has 6 rings (SSSR count). The van der Waals surface area contributed by atoms with Crippen molar-refractivity contribution >= 4 is 26.8 Å². The molecule has 1 fully saturated rings. The summed E-state index contributed by atoms with van der Waals surface area (Å²) in [5, 5.41) is 1.13. The number of rotatable bonds is 3. The van der Waals surface area contributed by atoms with Crippen LogP contribution in [-0.4, -0.2) is 87.9 Å². The molecule has 4 aromatic rings. The van der Waals surface area contributed by atoms with Crippen LogP contribution in [0.25, 0.3) is 22.4 Å². The van der Waals surface area contributed by atoms with E-state index in [2.05, 4.69) is 30.5 Å². The second-order valence-corrected chi connectivity index (χ2v) is 13.5. The molecule has 1 unspecified atom stereocenters. The molecule has 1 saturated heterocycles. The number of amides is 1. The normalized spacial score (nSPS) is 20.6. The summed E-state index contributed by atoms with van der Waals surface area (Å²) < 4.78 is 32.4. The van der Waals surface area contributed by atoms with Crippen LogP contribution in [0, 0.1) is 5.92 Å². The summed E-state index contributed by atoms with van der Waals surface area (Å²) >= 11 is 0. The Kier molecular flexibility index (Phi) is 8.57. The summed E-state index contributed by atoms with van der Waals surface area (Å²) in [6.07, 6.45) is 10.6. The SMILES string of the molecule is O=C(C1CCS(=O)(=O)C1)N1CCCCN(Cc2c[nH]c3ncccc23)CCn2ccnc2-c2cccc(c2)OCCC1. The first-order chi connectivity index (χ1) is 20.4. The van der Waals surface area contributed by atoms with Crippen LogP contribution in [0.4, 0.5) is 0 Å². The van der Waals surface area contributed by atoms with Crippen molar-refractivity contribution in [2.45, 2.75) is 38.8 Å². The van der Waals surface area contributed by atoms with Gasteiger partial charge in [0.1, 0.15) is 17.2 Å². The number of carbonyl (C=O) groups excluding carboxylic acids is 1. The molecule has 222 valence electrons. The van der Waals surface area contributed by atoms with Crippen molar-refractivity contribution in [1.82, 2.24) is 29.3 Å². The molecule has 2 aliphatic heterocycles. The van der Waals surface area contributed by atoms with Crippen LogP contribution in [0.15, 0.2) is 61.2 Å². The molecule has 2 bridgehead atoms. The summed E-state index contributed by atoms with van der Waals surface area (Å²) in [6.45, 7) is 4.89. The molecule has 0 aliphatic carbocycles. The number of aromatic amines is 1. The molecular weight excluding hydrogens is 552 g/mol. The fourth-order valence-electron chi connectivity index (χ4n) is 6.04. The second-order valence-electron chi connectivity index (χ2n) is 11.3. The van der Waals surface area contributed by atoms with E-state index < -0.39 is 15.8 Å². The standard InChI is InChI=1S/C31H38N6O4S/c38-31(25-9-19-42(39,40)23-25)37-13-2-1-12-35(22-26-21-34-29-28(26)8-4-10-32-29)16-17-36-15-11-33-30(36)24-6-3-7-27(20-24)41-18-5-14-37/h3-4,6-8,10-11,15,20-21,25H,1-2,5,9,12-14,16-19,22-23H2,(H,32,34). The number of benzene rings is 1. The van der Waals surface area contributed by atoms with Crippen molar-refractivity contribution in [3.8, 4) is 17.1 Å². The van der Waals surface area contributed by atoms with Gasteiger partial charge in [-0.1, -0.05) is 12.1 Å².